The van der Waals surface area contributed by atoms with Gasteiger partial charge in [-0.3, -0.25) is 9.59 Å². The summed E-state index contributed by atoms with van der Waals surface area (Å²) in [6, 6.07) is 0.701. The highest BCUT2D eigenvalue weighted by Gasteiger charge is 2.27. The first-order valence-corrected chi connectivity index (χ1v) is 10.4. The van der Waals surface area contributed by atoms with Gasteiger partial charge < -0.3 is 20.9 Å². The van der Waals surface area contributed by atoms with Gasteiger partial charge in [0.25, 0.3) is 0 Å². The molecule has 0 aromatic rings. The van der Waals surface area contributed by atoms with Crippen molar-refractivity contribution in [3.63, 3.8) is 0 Å². The van der Waals surface area contributed by atoms with Crippen molar-refractivity contribution >= 4 is 41.8 Å². The Balaban J connectivity index is 0.00000392. The minimum absolute atomic E-state index is 0. The molecule has 2 fully saturated rings. The van der Waals surface area contributed by atoms with Crippen molar-refractivity contribution < 1.29 is 9.59 Å². The fraction of sp³-hybridized carbons (Fsp3) is 0.850. The van der Waals surface area contributed by atoms with Gasteiger partial charge in [-0.2, -0.15) is 0 Å². The summed E-state index contributed by atoms with van der Waals surface area (Å²) in [5, 5.41) is 9.87. The van der Waals surface area contributed by atoms with E-state index in [0.29, 0.717) is 18.0 Å². The molecule has 2 rings (SSSR count). The Morgan fingerprint density at radius 3 is 2.21 bits per heavy atom. The van der Waals surface area contributed by atoms with Gasteiger partial charge in [0.05, 0.1) is 0 Å². The average molecular weight is 507 g/mol. The minimum Gasteiger partial charge on any atom is -0.359 e. The third-order valence-electron chi connectivity index (χ3n) is 5.99. The van der Waals surface area contributed by atoms with Crippen LogP contribution in [0.3, 0.4) is 0 Å². The molecule has 3 N–H and O–H groups in total. The molecule has 0 heterocycles. The van der Waals surface area contributed by atoms with E-state index < -0.39 is 0 Å². The van der Waals surface area contributed by atoms with Crippen LogP contribution in [0.4, 0.5) is 0 Å². The predicted octanol–water partition coefficient (Wildman–Crippen LogP) is 2.11. The molecule has 0 aromatic carbocycles. The van der Waals surface area contributed by atoms with Crippen molar-refractivity contribution in [2.75, 3.05) is 27.7 Å². The van der Waals surface area contributed by atoms with Crippen LogP contribution in [0.1, 0.15) is 58.3 Å². The van der Waals surface area contributed by atoms with Gasteiger partial charge in [-0.05, 0) is 44.4 Å². The molecule has 2 unspecified atom stereocenters. The summed E-state index contributed by atoms with van der Waals surface area (Å²) in [6.45, 7) is 2.44. The van der Waals surface area contributed by atoms with E-state index in [2.05, 4.69) is 27.9 Å². The average Bonchev–Trinajstić information content (AvgIpc) is 2.67. The number of carbonyl (C=O) groups excluding carboxylic acids is 2. The van der Waals surface area contributed by atoms with Crippen molar-refractivity contribution in [1.82, 2.24) is 20.9 Å². The van der Waals surface area contributed by atoms with Crippen LogP contribution in [0, 0.1) is 11.8 Å². The lowest BCUT2D eigenvalue weighted by atomic mass is 9.85. The van der Waals surface area contributed by atoms with Gasteiger partial charge in [0, 0.05) is 39.1 Å². The van der Waals surface area contributed by atoms with Gasteiger partial charge in [0.2, 0.25) is 11.8 Å². The molecule has 8 heteroatoms. The molecule has 2 amide bonds. The van der Waals surface area contributed by atoms with E-state index in [1.165, 1.54) is 19.3 Å². The zero-order valence-electron chi connectivity index (χ0n) is 17.8. The van der Waals surface area contributed by atoms with Crippen LogP contribution in [-0.4, -0.2) is 62.4 Å². The Morgan fingerprint density at radius 2 is 1.64 bits per heavy atom. The summed E-state index contributed by atoms with van der Waals surface area (Å²) in [7, 11) is 5.21. The Hall–Kier alpha value is -1.06. The maximum absolute atomic E-state index is 12.0. The van der Waals surface area contributed by atoms with Gasteiger partial charge in [0.15, 0.2) is 5.96 Å². The first-order valence-electron chi connectivity index (χ1n) is 10.4. The number of amides is 2. The van der Waals surface area contributed by atoms with Crippen molar-refractivity contribution in [3.05, 3.63) is 0 Å². The van der Waals surface area contributed by atoms with E-state index in [9.17, 15) is 9.59 Å². The normalized spacial score (nSPS) is 27.9. The summed E-state index contributed by atoms with van der Waals surface area (Å²) >= 11 is 0. The molecule has 28 heavy (non-hydrogen) atoms. The van der Waals surface area contributed by atoms with Crippen LogP contribution >= 0.6 is 24.0 Å². The standard InChI is InChI=1S/C20H37N5O2.HI/c1-14-7-5-6-8-17(14)24-20(22-13-18(26)25(3)4)23-16-11-9-15(10-12-16)19(27)21-2;/h14-17H,5-13H2,1-4H3,(H,21,27)(H2,22,23,24);1H. The van der Waals surface area contributed by atoms with E-state index >= 15 is 0 Å². The number of halogens is 1. The largest absolute Gasteiger partial charge is 0.359 e. The third-order valence-corrected chi connectivity index (χ3v) is 5.99. The fourth-order valence-electron chi connectivity index (χ4n) is 4.02. The van der Waals surface area contributed by atoms with E-state index in [4.69, 9.17) is 0 Å². The number of hydrogen-bond donors (Lipinski definition) is 3. The molecular formula is C20H38IN5O2. The lowest BCUT2D eigenvalue weighted by molar-refractivity contribution is -0.127. The lowest BCUT2D eigenvalue weighted by Gasteiger charge is -2.33. The molecule has 0 spiro atoms. The molecule has 2 aliphatic carbocycles. The molecule has 2 aliphatic rings. The fourth-order valence-corrected chi connectivity index (χ4v) is 4.02. The van der Waals surface area contributed by atoms with E-state index in [1.54, 1.807) is 26.0 Å². The number of nitrogens with one attached hydrogen (secondary N) is 3. The van der Waals surface area contributed by atoms with E-state index in [-0.39, 0.29) is 48.3 Å². The molecule has 2 saturated carbocycles. The SMILES string of the molecule is CNC(=O)C1CCC(NC(=NCC(=O)N(C)C)NC2CCCCC2C)CC1.I. The highest BCUT2D eigenvalue weighted by atomic mass is 127. The molecule has 7 nitrogen and oxygen atoms in total. The topological polar surface area (TPSA) is 85.8 Å². The molecule has 2 atom stereocenters. The molecule has 0 radical (unpaired) electrons. The van der Waals surface area contributed by atoms with Crippen LogP contribution in [-0.2, 0) is 9.59 Å². The molecule has 0 bridgehead atoms. The first kappa shape index (κ1) is 25.0. The Kier molecular flexibility index (Phi) is 11.1. The number of guanidine groups is 1. The van der Waals surface area contributed by atoms with Crippen molar-refractivity contribution in [1.29, 1.82) is 0 Å². The number of aliphatic imine (C=N–C) groups is 1. The van der Waals surface area contributed by atoms with Gasteiger partial charge in [-0.15, -0.1) is 24.0 Å². The molecule has 0 aromatic heterocycles. The second kappa shape index (κ2) is 12.5. The summed E-state index contributed by atoms with van der Waals surface area (Å²) in [4.78, 5) is 29.9. The molecule has 0 saturated heterocycles. The quantitative estimate of drug-likeness (QED) is 0.302. The van der Waals surface area contributed by atoms with Gasteiger partial charge >= 0.3 is 0 Å². The van der Waals surface area contributed by atoms with Crippen LogP contribution in [0.2, 0.25) is 0 Å². The lowest BCUT2D eigenvalue weighted by Crippen LogP contribution is -2.51. The third kappa shape index (κ3) is 7.75. The first-order chi connectivity index (χ1) is 12.9. The number of hydrogen-bond acceptors (Lipinski definition) is 3. The Bertz CT molecular complexity index is 533. The summed E-state index contributed by atoms with van der Waals surface area (Å²) < 4.78 is 0. The maximum atomic E-state index is 12.0. The number of rotatable bonds is 5. The smallest absolute Gasteiger partial charge is 0.243 e. The second-order valence-electron chi connectivity index (χ2n) is 8.27. The number of carbonyl (C=O) groups is 2. The van der Waals surface area contributed by atoms with Crippen LogP contribution in [0.5, 0.6) is 0 Å². The van der Waals surface area contributed by atoms with Crippen molar-refractivity contribution in [3.8, 4) is 0 Å². The van der Waals surface area contributed by atoms with Crippen molar-refractivity contribution in [2.45, 2.75) is 70.4 Å². The number of likely N-dealkylation sites (N-methyl/N-ethyl adjacent to an activating group) is 1. The Labute approximate surface area is 186 Å². The van der Waals surface area contributed by atoms with Gasteiger partial charge in [-0.25, -0.2) is 4.99 Å². The summed E-state index contributed by atoms with van der Waals surface area (Å²) in [5.41, 5.74) is 0. The highest BCUT2D eigenvalue weighted by molar-refractivity contribution is 14.0. The Morgan fingerprint density at radius 1 is 1.00 bits per heavy atom. The van der Waals surface area contributed by atoms with Crippen LogP contribution in [0.15, 0.2) is 4.99 Å². The minimum atomic E-state index is -0.00359. The molecule has 0 aliphatic heterocycles. The van der Waals surface area contributed by atoms with Crippen LogP contribution < -0.4 is 16.0 Å². The molecular weight excluding hydrogens is 469 g/mol. The highest BCUT2D eigenvalue weighted by Crippen LogP contribution is 2.25. The maximum Gasteiger partial charge on any atom is 0.243 e. The monoisotopic (exact) mass is 507 g/mol. The number of nitrogens with zero attached hydrogens (tertiary/aromatic N) is 2. The predicted molar refractivity (Wildman–Crippen MR) is 124 cm³/mol. The van der Waals surface area contributed by atoms with Gasteiger partial charge in [-0.1, -0.05) is 19.8 Å². The van der Waals surface area contributed by atoms with Crippen LogP contribution in [0.25, 0.3) is 0 Å². The van der Waals surface area contributed by atoms with Crippen molar-refractivity contribution in [2.24, 2.45) is 16.8 Å². The molecule has 162 valence electrons. The second-order valence-corrected chi connectivity index (χ2v) is 8.27. The zero-order valence-corrected chi connectivity index (χ0v) is 20.1. The van der Waals surface area contributed by atoms with E-state index in [1.807, 2.05) is 0 Å². The summed E-state index contributed by atoms with van der Waals surface area (Å²) in [6.07, 6.45) is 8.58. The van der Waals surface area contributed by atoms with E-state index in [0.717, 1.165) is 38.1 Å². The zero-order chi connectivity index (χ0) is 19.8. The van der Waals surface area contributed by atoms with Gasteiger partial charge in [0.1, 0.15) is 6.54 Å². The summed E-state index contributed by atoms with van der Waals surface area (Å²) in [5.74, 6) is 1.62.